The van der Waals surface area contributed by atoms with Crippen LogP contribution in [0.3, 0.4) is 0 Å². The van der Waals surface area contributed by atoms with E-state index in [4.69, 9.17) is 11.6 Å². The Morgan fingerprint density at radius 2 is 2.16 bits per heavy atom. The van der Waals surface area contributed by atoms with Gasteiger partial charge in [0.1, 0.15) is 5.15 Å². The molecule has 0 amide bonds. The van der Waals surface area contributed by atoms with Gasteiger partial charge in [0.15, 0.2) is 0 Å². The average molecular weight is 277 g/mol. The summed E-state index contributed by atoms with van der Waals surface area (Å²) >= 11 is 5.88. The number of aromatic nitrogens is 1. The lowest BCUT2D eigenvalue weighted by Gasteiger charge is -2.25. The SMILES string of the molecule is O=c1[nH]c(Cl)cc2cc(CNCC3CCC3)ccc12. The van der Waals surface area contributed by atoms with Crippen molar-refractivity contribution in [3.05, 3.63) is 45.3 Å². The Labute approximate surface area is 117 Å². The monoisotopic (exact) mass is 276 g/mol. The molecule has 0 aliphatic heterocycles. The summed E-state index contributed by atoms with van der Waals surface area (Å²) in [7, 11) is 0. The highest BCUT2D eigenvalue weighted by Crippen LogP contribution is 2.25. The highest BCUT2D eigenvalue weighted by molar-refractivity contribution is 6.30. The van der Waals surface area contributed by atoms with Crippen molar-refractivity contribution in [2.24, 2.45) is 5.92 Å². The minimum Gasteiger partial charge on any atom is -0.312 e. The van der Waals surface area contributed by atoms with Gasteiger partial charge in [0.25, 0.3) is 5.56 Å². The third-order valence-corrected chi connectivity index (χ3v) is 4.07. The molecule has 4 heteroatoms. The van der Waals surface area contributed by atoms with Crippen molar-refractivity contribution in [2.45, 2.75) is 25.8 Å². The predicted octanol–water partition coefficient (Wildman–Crippen LogP) is 3.07. The quantitative estimate of drug-likeness (QED) is 0.843. The molecule has 1 saturated carbocycles. The molecule has 2 aromatic rings. The number of halogens is 1. The van der Waals surface area contributed by atoms with E-state index in [1.165, 1.54) is 24.8 Å². The van der Waals surface area contributed by atoms with Gasteiger partial charge in [-0.2, -0.15) is 0 Å². The topological polar surface area (TPSA) is 44.9 Å². The molecule has 3 nitrogen and oxygen atoms in total. The Morgan fingerprint density at radius 3 is 2.89 bits per heavy atom. The maximum Gasteiger partial charge on any atom is 0.256 e. The lowest BCUT2D eigenvalue weighted by atomic mass is 9.85. The molecule has 1 aromatic carbocycles. The van der Waals surface area contributed by atoms with Crippen molar-refractivity contribution in [2.75, 3.05) is 6.54 Å². The fourth-order valence-corrected chi connectivity index (χ4v) is 2.72. The van der Waals surface area contributed by atoms with Crippen molar-refractivity contribution in [1.29, 1.82) is 0 Å². The van der Waals surface area contributed by atoms with Gasteiger partial charge in [-0.3, -0.25) is 4.79 Å². The van der Waals surface area contributed by atoms with Gasteiger partial charge in [-0.15, -0.1) is 0 Å². The van der Waals surface area contributed by atoms with E-state index < -0.39 is 0 Å². The highest BCUT2D eigenvalue weighted by Gasteiger charge is 2.16. The first-order valence-corrected chi connectivity index (χ1v) is 7.12. The second-order valence-corrected chi connectivity index (χ2v) is 5.70. The minimum atomic E-state index is -0.128. The summed E-state index contributed by atoms with van der Waals surface area (Å²) in [6.07, 6.45) is 4.09. The van der Waals surface area contributed by atoms with Crippen LogP contribution in [0, 0.1) is 5.92 Å². The van der Waals surface area contributed by atoms with Crippen molar-refractivity contribution in [1.82, 2.24) is 10.3 Å². The third kappa shape index (κ3) is 2.82. The number of pyridine rings is 1. The Kier molecular flexibility index (Phi) is 3.58. The first-order chi connectivity index (χ1) is 9.22. The summed E-state index contributed by atoms with van der Waals surface area (Å²) in [5, 5.41) is 5.45. The number of aromatic amines is 1. The first-order valence-electron chi connectivity index (χ1n) is 6.74. The second-order valence-electron chi connectivity index (χ2n) is 5.30. The maximum absolute atomic E-state index is 11.7. The van der Waals surface area contributed by atoms with Crippen LogP contribution in [-0.4, -0.2) is 11.5 Å². The molecule has 0 unspecified atom stereocenters. The van der Waals surface area contributed by atoms with Crippen molar-refractivity contribution >= 4 is 22.4 Å². The Hall–Kier alpha value is -1.32. The van der Waals surface area contributed by atoms with E-state index in [0.717, 1.165) is 24.4 Å². The van der Waals surface area contributed by atoms with Crippen LogP contribution in [0.25, 0.3) is 10.8 Å². The van der Waals surface area contributed by atoms with E-state index >= 15 is 0 Å². The molecular formula is C15H17ClN2O. The summed E-state index contributed by atoms with van der Waals surface area (Å²) in [6, 6.07) is 7.70. The molecule has 100 valence electrons. The summed E-state index contributed by atoms with van der Waals surface area (Å²) in [5.41, 5.74) is 1.06. The summed E-state index contributed by atoms with van der Waals surface area (Å²) in [6.45, 7) is 1.94. The van der Waals surface area contributed by atoms with Crippen LogP contribution >= 0.6 is 11.6 Å². The predicted molar refractivity (Wildman–Crippen MR) is 78.6 cm³/mol. The lowest BCUT2D eigenvalue weighted by Crippen LogP contribution is -2.26. The van der Waals surface area contributed by atoms with Crippen LogP contribution in [0.5, 0.6) is 0 Å². The van der Waals surface area contributed by atoms with Crippen molar-refractivity contribution in [3.8, 4) is 0 Å². The molecule has 0 saturated heterocycles. The maximum atomic E-state index is 11.7. The third-order valence-electron chi connectivity index (χ3n) is 3.86. The number of hydrogen-bond donors (Lipinski definition) is 2. The van der Waals surface area contributed by atoms with Crippen LogP contribution in [0.1, 0.15) is 24.8 Å². The van der Waals surface area contributed by atoms with E-state index in [1.54, 1.807) is 6.07 Å². The summed E-state index contributed by atoms with van der Waals surface area (Å²) in [5.74, 6) is 0.859. The van der Waals surface area contributed by atoms with Gasteiger partial charge in [-0.1, -0.05) is 24.1 Å². The van der Waals surface area contributed by atoms with Gasteiger partial charge in [-0.25, -0.2) is 0 Å². The highest BCUT2D eigenvalue weighted by atomic mass is 35.5. The Balaban J connectivity index is 1.75. The Morgan fingerprint density at radius 1 is 1.32 bits per heavy atom. The molecule has 0 bridgehead atoms. The molecule has 1 aliphatic carbocycles. The zero-order valence-electron chi connectivity index (χ0n) is 10.7. The standard InChI is InChI=1S/C15H17ClN2O/c16-14-7-12-6-11(4-5-13(12)15(19)18-14)9-17-8-10-2-1-3-10/h4-7,10,17H,1-3,8-9H2,(H,18,19). The average Bonchev–Trinajstić information content (AvgIpc) is 2.31. The second kappa shape index (κ2) is 5.35. The van der Waals surface area contributed by atoms with E-state index in [9.17, 15) is 4.79 Å². The van der Waals surface area contributed by atoms with E-state index in [2.05, 4.69) is 10.3 Å². The molecule has 1 heterocycles. The Bertz CT molecular complexity index is 646. The first kappa shape index (κ1) is 12.7. The molecule has 0 atom stereocenters. The molecule has 2 N–H and O–H groups in total. The smallest absolute Gasteiger partial charge is 0.256 e. The summed E-state index contributed by atoms with van der Waals surface area (Å²) in [4.78, 5) is 14.3. The van der Waals surface area contributed by atoms with Gasteiger partial charge in [0.05, 0.1) is 0 Å². The molecular weight excluding hydrogens is 260 g/mol. The van der Waals surface area contributed by atoms with Gasteiger partial charge in [-0.05, 0) is 54.5 Å². The zero-order chi connectivity index (χ0) is 13.2. The zero-order valence-corrected chi connectivity index (χ0v) is 11.5. The number of H-pyrrole nitrogens is 1. The number of hydrogen-bond acceptors (Lipinski definition) is 2. The minimum absolute atomic E-state index is 0.128. The number of rotatable bonds is 4. The molecule has 19 heavy (non-hydrogen) atoms. The fraction of sp³-hybridized carbons (Fsp3) is 0.400. The van der Waals surface area contributed by atoms with Crippen LogP contribution in [0.2, 0.25) is 5.15 Å². The van der Waals surface area contributed by atoms with E-state index in [-0.39, 0.29) is 5.56 Å². The molecule has 0 radical (unpaired) electrons. The van der Waals surface area contributed by atoms with Crippen LogP contribution < -0.4 is 10.9 Å². The molecule has 3 rings (SSSR count). The lowest BCUT2D eigenvalue weighted by molar-refractivity contribution is 0.301. The molecule has 1 fully saturated rings. The normalized spacial score (nSPS) is 15.6. The van der Waals surface area contributed by atoms with Gasteiger partial charge < -0.3 is 10.3 Å². The number of fused-ring (bicyclic) bond motifs is 1. The van der Waals surface area contributed by atoms with E-state index in [1.807, 2.05) is 18.2 Å². The van der Waals surface area contributed by atoms with Crippen molar-refractivity contribution < 1.29 is 0 Å². The van der Waals surface area contributed by atoms with Crippen LogP contribution in [0.4, 0.5) is 0 Å². The summed E-state index contributed by atoms with van der Waals surface area (Å²) < 4.78 is 0. The molecule has 1 aromatic heterocycles. The van der Waals surface area contributed by atoms with Gasteiger partial charge in [0, 0.05) is 11.9 Å². The van der Waals surface area contributed by atoms with Crippen LogP contribution in [-0.2, 0) is 6.54 Å². The fourth-order valence-electron chi connectivity index (χ4n) is 2.51. The molecule has 1 aliphatic rings. The number of nitrogens with one attached hydrogen (secondary N) is 2. The molecule has 0 spiro atoms. The van der Waals surface area contributed by atoms with Crippen molar-refractivity contribution in [3.63, 3.8) is 0 Å². The van der Waals surface area contributed by atoms with E-state index in [0.29, 0.717) is 10.5 Å². The van der Waals surface area contributed by atoms with Gasteiger partial charge >= 0.3 is 0 Å². The van der Waals surface area contributed by atoms with Crippen LogP contribution in [0.15, 0.2) is 29.1 Å². The largest absolute Gasteiger partial charge is 0.312 e. The van der Waals surface area contributed by atoms with Gasteiger partial charge in [0.2, 0.25) is 0 Å². The number of benzene rings is 1.